The quantitative estimate of drug-likeness (QED) is 0.182. The largest absolute Gasteiger partial charge is 0.450 e. The molecule has 0 aromatic heterocycles. The topological polar surface area (TPSA) is 105 Å². The third-order valence-electron chi connectivity index (χ3n) is 4.33. The van der Waals surface area contributed by atoms with Crippen molar-refractivity contribution in [1.82, 2.24) is 0 Å². The van der Waals surface area contributed by atoms with Crippen molar-refractivity contribution in [1.29, 1.82) is 5.26 Å². The van der Waals surface area contributed by atoms with Gasteiger partial charge in [-0.1, -0.05) is 29.8 Å². The van der Waals surface area contributed by atoms with Crippen LogP contribution in [0, 0.1) is 21.4 Å². The van der Waals surface area contributed by atoms with E-state index >= 15 is 0 Å². The van der Waals surface area contributed by atoms with Gasteiger partial charge in [-0.15, -0.1) is 0 Å². The van der Waals surface area contributed by atoms with E-state index in [1.807, 2.05) is 0 Å². The summed E-state index contributed by atoms with van der Waals surface area (Å²) in [6.45, 7) is 0. The Hall–Kier alpha value is -4.36. The van der Waals surface area contributed by atoms with Crippen LogP contribution >= 0.6 is 11.6 Å². The highest BCUT2D eigenvalue weighted by Crippen LogP contribution is 2.38. The third-order valence-corrected chi connectivity index (χ3v) is 4.56. The van der Waals surface area contributed by atoms with Crippen LogP contribution in [-0.2, 0) is 11.0 Å². The van der Waals surface area contributed by atoms with Crippen molar-refractivity contribution in [2.45, 2.75) is 6.18 Å². The molecule has 172 valence electrons. The molecule has 0 bridgehead atoms. The molecule has 1 amide bonds. The van der Waals surface area contributed by atoms with Gasteiger partial charge in [0.15, 0.2) is 0 Å². The molecule has 0 unspecified atom stereocenters. The van der Waals surface area contributed by atoms with Gasteiger partial charge in [0.05, 0.1) is 10.5 Å². The van der Waals surface area contributed by atoms with Crippen LogP contribution in [0.25, 0.3) is 6.08 Å². The van der Waals surface area contributed by atoms with Gasteiger partial charge in [-0.3, -0.25) is 14.9 Å². The van der Waals surface area contributed by atoms with E-state index in [-0.39, 0.29) is 11.3 Å². The Morgan fingerprint density at radius 1 is 1.12 bits per heavy atom. The first-order valence-electron chi connectivity index (χ1n) is 9.39. The number of nitrogens with one attached hydrogen (secondary N) is 1. The molecule has 0 saturated heterocycles. The van der Waals surface area contributed by atoms with E-state index in [4.69, 9.17) is 16.3 Å². The van der Waals surface area contributed by atoms with E-state index in [0.717, 1.165) is 6.07 Å². The Morgan fingerprint density at radius 3 is 2.50 bits per heavy atom. The minimum atomic E-state index is -4.76. The first kappa shape index (κ1) is 24.3. The average molecular weight is 488 g/mol. The maximum Gasteiger partial charge on any atom is 0.416 e. The highest BCUT2D eigenvalue weighted by Gasteiger charge is 2.33. The zero-order valence-electron chi connectivity index (χ0n) is 17.0. The molecular formula is C23H13ClF3N3O4. The van der Waals surface area contributed by atoms with Gasteiger partial charge in [0.25, 0.3) is 5.91 Å². The average Bonchev–Trinajstić information content (AvgIpc) is 2.77. The van der Waals surface area contributed by atoms with Crippen LogP contribution in [0.5, 0.6) is 11.5 Å². The first-order chi connectivity index (χ1) is 16.1. The number of alkyl halides is 3. The zero-order valence-corrected chi connectivity index (χ0v) is 17.7. The van der Waals surface area contributed by atoms with Crippen LogP contribution in [0.3, 0.4) is 0 Å². The van der Waals surface area contributed by atoms with Gasteiger partial charge in [0.1, 0.15) is 17.4 Å². The fourth-order valence-electron chi connectivity index (χ4n) is 2.80. The smallest absolute Gasteiger partial charge is 0.416 e. The lowest BCUT2D eigenvalue weighted by Crippen LogP contribution is -2.13. The van der Waals surface area contributed by atoms with Crippen LogP contribution in [0.4, 0.5) is 24.5 Å². The summed E-state index contributed by atoms with van der Waals surface area (Å²) in [6.07, 6.45) is -3.50. The Kier molecular flexibility index (Phi) is 7.18. The summed E-state index contributed by atoms with van der Waals surface area (Å²) >= 11 is 5.87. The molecule has 7 nitrogen and oxygen atoms in total. The molecule has 3 rings (SSSR count). The molecule has 0 fully saturated rings. The maximum atomic E-state index is 12.9. The number of rotatable bonds is 6. The van der Waals surface area contributed by atoms with Crippen molar-refractivity contribution in [3.05, 3.63) is 98.6 Å². The Balaban J connectivity index is 1.86. The molecule has 0 spiro atoms. The number of benzene rings is 3. The number of nitriles is 1. The number of hydrogen-bond acceptors (Lipinski definition) is 5. The number of anilines is 1. The van der Waals surface area contributed by atoms with E-state index in [0.29, 0.717) is 28.4 Å². The molecule has 3 aromatic rings. The SMILES string of the molecule is N#C/C(=C/c1cccc(Oc2ccc(C(F)(F)F)cc2[N+](=O)[O-])c1)C(=O)Nc1cccc(Cl)c1. The van der Waals surface area contributed by atoms with E-state index in [1.165, 1.54) is 36.4 Å². The van der Waals surface area contributed by atoms with Gasteiger partial charge in [0.2, 0.25) is 5.75 Å². The minimum absolute atomic E-state index is 0.0455. The summed E-state index contributed by atoms with van der Waals surface area (Å²) in [5, 5.41) is 23.6. The number of nitrogens with zero attached hydrogens (tertiary/aromatic N) is 2. The fraction of sp³-hybridized carbons (Fsp3) is 0.0435. The van der Waals surface area contributed by atoms with Crippen LogP contribution < -0.4 is 10.1 Å². The van der Waals surface area contributed by atoms with Crippen LogP contribution in [-0.4, -0.2) is 10.8 Å². The third kappa shape index (κ3) is 6.11. The molecule has 0 aliphatic heterocycles. The molecular weight excluding hydrogens is 475 g/mol. The van der Waals surface area contributed by atoms with Gasteiger partial charge in [0, 0.05) is 16.8 Å². The minimum Gasteiger partial charge on any atom is -0.450 e. The molecule has 34 heavy (non-hydrogen) atoms. The van der Waals surface area contributed by atoms with Crippen molar-refractivity contribution in [3.63, 3.8) is 0 Å². The Morgan fingerprint density at radius 2 is 1.85 bits per heavy atom. The summed E-state index contributed by atoms with van der Waals surface area (Å²) in [7, 11) is 0. The fourth-order valence-corrected chi connectivity index (χ4v) is 2.99. The van der Waals surface area contributed by atoms with E-state index in [1.54, 1.807) is 24.3 Å². The number of carbonyl (C=O) groups is 1. The Bertz CT molecular complexity index is 1330. The highest BCUT2D eigenvalue weighted by molar-refractivity contribution is 6.31. The van der Waals surface area contributed by atoms with Gasteiger partial charge < -0.3 is 10.1 Å². The van der Waals surface area contributed by atoms with Crippen molar-refractivity contribution >= 4 is 35.0 Å². The molecule has 11 heteroatoms. The predicted molar refractivity (Wildman–Crippen MR) is 118 cm³/mol. The number of nitro groups is 1. The number of hydrogen-bond donors (Lipinski definition) is 1. The van der Waals surface area contributed by atoms with Crippen molar-refractivity contribution in [2.24, 2.45) is 0 Å². The molecule has 0 aliphatic carbocycles. The monoisotopic (exact) mass is 487 g/mol. The zero-order chi connectivity index (χ0) is 24.9. The van der Waals surface area contributed by atoms with Gasteiger partial charge in [-0.05, 0) is 54.1 Å². The molecule has 0 atom stereocenters. The number of carbonyl (C=O) groups excluding carboxylic acids is 1. The number of ether oxygens (including phenoxy) is 1. The normalized spacial score (nSPS) is 11.4. The van der Waals surface area contributed by atoms with Gasteiger partial charge in [-0.2, -0.15) is 18.4 Å². The summed E-state index contributed by atoms with van der Waals surface area (Å²) in [6, 6.07) is 15.8. The summed E-state index contributed by atoms with van der Waals surface area (Å²) in [5.74, 6) is -1.06. The van der Waals surface area contributed by atoms with Gasteiger partial charge >= 0.3 is 11.9 Å². The molecule has 3 aromatic carbocycles. The molecule has 1 N–H and O–H groups in total. The van der Waals surface area contributed by atoms with E-state index < -0.39 is 34.0 Å². The second-order valence-electron chi connectivity index (χ2n) is 6.75. The van der Waals surface area contributed by atoms with Crippen LogP contribution in [0.1, 0.15) is 11.1 Å². The lowest BCUT2D eigenvalue weighted by atomic mass is 10.1. The first-order valence-corrected chi connectivity index (χ1v) is 9.77. The summed E-state index contributed by atoms with van der Waals surface area (Å²) < 4.78 is 44.1. The van der Waals surface area contributed by atoms with Crippen molar-refractivity contribution in [2.75, 3.05) is 5.32 Å². The summed E-state index contributed by atoms with van der Waals surface area (Å²) in [4.78, 5) is 22.7. The van der Waals surface area contributed by atoms with Crippen molar-refractivity contribution in [3.8, 4) is 17.6 Å². The number of amides is 1. The summed E-state index contributed by atoms with van der Waals surface area (Å²) in [5.41, 5.74) is -1.59. The maximum absolute atomic E-state index is 12.9. The molecule has 0 aliphatic rings. The van der Waals surface area contributed by atoms with Gasteiger partial charge in [-0.25, -0.2) is 0 Å². The second kappa shape index (κ2) is 10.1. The molecule has 0 radical (unpaired) electrons. The lowest BCUT2D eigenvalue weighted by Gasteiger charge is -2.10. The van der Waals surface area contributed by atoms with Crippen molar-refractivity contribution < 1.29 is 27.6 Å². The molecule has 0 heterocycles. The van der Waals surface area contributed by atoms with E-state index in [2.05, 4.69) is 5.32 Å². The van der Waals surface area contributed by atoms with Crippen LogP contribution in [0.2, 0.25) is 5.02 Å². The standard InChI is InChI=1S/C23H13ClF3N3O4/c24-17-4-2-5-18(12-17)29-22(31)15(13-28)9-14-3-1-6-19(10-14)34-21-8-7-16(23(25,26)27)11-20(21)30(32)33/h1-12H,(H,29,31)/b15-9-. The number of halogens is 4. The number of nitro benzene ring substituents is 1. The van der Waals surface area contributed by atoms with Crippen LogP contribution in [0.15, 0.2) is 72.3 Å². The lowest BCUT2D eigenvalue weighted by molar-refractivity contribution is -0.385. The highest BCUT2D eigenvalue weighted by atomic mass is 35.5. The Labute approximate surface area is 195 Å². The predicted octanol–water partition coefficient (Wildman–Crippen LogP) is 6.60. The van der Waals surface area contributed by atoms with E-state index in [9.17, 15) is 33.3 Å². The molecule has 0 saturated carbocycles. The second-order valence-corrected chi connectivity index (χ2v) is 7.18.